The number of aromatic nitrogens is 3. The average Bonchev–Trinajstić information content (AvgIpc) is 3.38. The first-order chi connectivity index (χ1) is 15.1. The summed E-state index contributed by atoms with van der Waals surface area (Å²) in [5.74, 6) is 0.668. The first-order valence-corrected chi connectivity index (χ1v) is 9.83. The predicted octanol–water partition coefficient (Wildman–Crippen LogP) is 4.16. The Kier molecular flexibility index (Phi) is 4.63. The number of hydrogen-bond donors (Lipinski definition) is 2. The number of nitrogen functional groups attached to an aromatic ring is 1. The zero-order chi connectivity index (χ0) is 21.4. The molecule has 3 heterocycles. The number of nitrogens with two attached hydrogens (primary N) is 1. The maximum atomic E-state index is 14.0. The summed E-state index contributed by atoms with van der Waals surface area (Å²) >= 11 is 0. The molecule has 0 fully saturated rings. The topological polar surface area (TPSA) is 89.8 Å². The van der Waals surface area contributed by atoms with E-state index in [4.69, 9.17) is 10.2 Å². The van der Waals surface area contributed by atoms with E-state index in [0.717, 1.165) is 11.3 Å². The second-order valence-electron chi connectivity index (χ2n) is 7.37. The van der Waals surface area contributed by atoms with E-state index in [0.29, 0.717) is 35.0 Å². The van der Waals surface area contributed by atoms with Crippen LogP contribution >= 0.6 is 0 Å². The van der Waals surface area contributed by atoms with Crippen LogP contribution in [0.25, 0.3) is 17.1 Å². The summed E-state index contributed by atoms with van der Waals surface area (Å²) < 4.78 is 20.9. The van der Waals surface area contributed by atoms with Crippen LogP contribution in [-0.4, -0.2) is 14.5 Å². The second-order valence-corrected chi connectivity index (χ2v) is 7.37. The molecule has 0 saturated heterocycles. The number of nitrogens with zero attached hydrogens (tertiary/aromatic N) is 2. The van der Waals surface area contributed by atoms with E-state index >= 15 is 0 Å². The van der Waals surface area contributed by atoms with E-state index in [1.165, 1.54) is 16.7 Å². The smallest absolute Gasteiger partial charge is 0.279 e. The highest BCUT2D eigenvalue weighted by atomic mass is 19.1. The van der Waals surface area contributed by atoms with E-state index in [1.54, 1.807) is 30.7 Å². The standard InChI is InChI=1S/C24H19FN4O2/c25-17-10-16(11-18(26)12-17)22-14-27-20(9-15-5-2-1-3-6-15)23-28-21(24(30)29(22)23)13-19-7-4-8-31-19/h1-8,10-12,14,27H,9,13,26H2. The minimum absolute atomic E-state index is 0.267. The molecule has 3 aromatic rings. The predicted molar refractivity (Wildman–Crippen MR) is 116 cm³/mol. The molecule has 0 radical (unpaired) electrons. The van der Waals surface area contributed by atoms with Gasteiger partial charge in [-0.2, -0.15) is 0 Å². The number of rotatable bonds is 5. The summed E-state index contributed by atoms with van der Waals surface area (Å²) in [7, 11) is 0. The molecule has 31 heavy (non-hydrogen) atoms. The number of imidazole rings is 1. The SMILES string of the molecule is Nc1cc(F)cc(-c2c[nH]c(Cc3ccccc3)c3nc(Cc4ccco4)c(=O)n2-3)c1. The number of H-pyrrole nitrogens is 1. The van der Waals surface area contributed by atoms with E-state index in [9.17, 15) is 9.18 Å². The highest BCUT2D eigenvalue weighted by Gasteiger charge is 2.23. The van der Waals surface area contributed by atoms with Crippen molar-refractivity contribution in [1.82, 2.24) is 14.5 Å². The third-order valence-corrected chi connectivity index (χ3v) is 5.16. The lowest BCUT2D eigenvalue weighted by atomic mass is 10.1. The Hall–Kier alpha value is -4.13. The Morgan fingerprint density at radius 1 is 1.06 bits per heavy atom. The van der Waals surface area contributed by atoms with Gasteiger partial charge in [0.05, 0.1) is 24.1 Å². The van der Waals surface area contributed by atoms with Crippen LogP contribution < -0.4 is 11.3 Å². The van der Waals surface area contributed by atoms with Crippen molar-refractivity contribution in [2.45, 2.75) is 12.8 Å². The zero-order valence-corrected chi connectivity index (χ0v) is 16.5. The monoisotopic (exact) mass is 414 g/mol. The highest BCUT2D eigenvalue weighted by Crippen LogP contribution is 2.27. The number of hydrogen-bond acceptors (Lipinski definition) is 4. The van der Waals surface area contributed by atoms with E-state index in [-0.39, 0.29) is 17.7 Å². The maximum Gasteiger partial charge on any atom is 0.279 e. The lowest BCUT2D eigenvalue weighted by Gasteiger charge is -2.15. The molecular formula is C24H19FN4O2. The summed E-state index contributed by atoms with van der Waals surface area (Å²) in [6, 6.07) is 17.7. The fourth-order valence-corrected chi connectivity index (χ4v) is 3.76. The number of furan rings is 1. The molecule has 0 unspecified atom stereocenters. The van der Waals surface area contributed by atoms with Gasteiger partial charge >= 0.3 is 0 Å². The van der Waals surface area contributed by atoms with Gasteiger partial charge in [-0.05, 0) is 35.9 Å². The lowest BCUT2D eigenvalue weighted by molar-refractivity contribution is 0.519. The fraction of sp³-hybridized carbons (Fsp3) is 0.0833. The first-order valence-electron chi connectivity index (χ1n) is 9.83. The molecule has 7 heteroatoms. The van der Waals surface area contributed by atoms with Gasteiger partial charge in [0.25, 0.3) is 5.56 Å². The Bertz CT molecular complexity index is 1350. The van der Waals surface area contributed by atoms with Crippen LogP contribution in [0.4, 0.5) is 10.1 Å². The van der Waals surface area contributed by atoms with Gasteiger partial charge < -0.3 is 15.1 Å². The Balaban J connectivity index is 1.70. The van der Waals surface area contributed by atoms with Gasteiger partial charge in [0, 0.05) is 23.9 Å². The minimum atomic E-state index is -0.472. The molecule has 0 atom stereocenters. The summed E-state index contributed by atoms with van der Waals surface area (Å²) in [5.41, 5.74) is 9.04. The van der Waals surface area contributed by atoms with Crippen LogP contribution in [0.3, 0.4) is 0 Å². The molecule has 154 valence electrons. The van der Waals surface area contributed by atoms with Crippen LogP contribution in [0.15, 0.2) is 82.3 Å². The van der Waals surface area contributed by atoms with Crippen LogP contribution in [-0.2, 0) is 12.8 Å². The van der Waals surface area contributed by atoms with Gasteiger partial charge in [0.2, 0.25) is 0 Å². The molecular weight excluding hydrogens is 395 g/mol. The molecule has 0 amide bonds. The zero-order valence-electron chi connectivity index (χ0n) is 16.5. The average molecular weight is 414 g/mol. The highest BCUT2D eigenvalue weighted by molar-refractivity contribution is 5.66. The van der Waals surface area contributed by atoms with Crippen molar-refractivity contribution in [3.8, 4) is 17.1 Å². The summed E-state index contributed by atoms with van der Waals surface area (Å²) in [5, 5.41) is 0. The van der Waals surface area contributed by atoms with Gasteiger partial charge in [-0.1, -0.05) is 30.3 Å². The summed E-state index contributed by atoms with van der Waals surface area (Å²) in [6.45, 7) is 0. The van der Waals surface area contributed by atoms with Crippen molar-refractivity contribution in [3.63, 3.8) is 0 Å². The molecule has 0 saturated carbocycles. The van der Waals surface area contributed by atoms with E-state index < -0.39 is 5.82 Å². The molecule has 6 nitrogen and oxygen atoms in total. The number of aromatic amines is 1. The van der Waals surface area contributed by atoms with Gasteiger partial charge in [-0.25, -0.2) is 9.37 Å². The number of anilines is 1. The van der Waals surface area contributed by atoms with Crippen molar-refractivity contribution in [1.29, 1.82) is 0 Å². The van der Waals surface area contributed by atoms with E-state index in [1.807, 2.05) is 30.3 Å². The molecule has 2 aromatic carbocycles. The van der Waals surface area contributed by atoms with Crippen LogP contribution in [0.5, 0.6) is 0 Å². The molecule has 2 aliphatic rings. The molecule has 0 spiro atoms. The molecule has 0 aliphatic carbocycles. The van der Waals surface area contributed by atoms with Gasteiger partial charge in [-0.3, -0.25) is 9.36 Å². The van der Waals surface area contributed by atoms with Gasteiger partial charge in [0.1, 0.15) is 17.3 Å². The third-order valence-electron chi connectivity index (χ3n) is 5.16. The number of benzene rings is 2. The van der Waals surface area contributed by atoms with Gasteiger partial charge in [-0.15, -0.1) is 0 Å². The van der Waals surface area contributed by atoms with Crippen molar-refractivity contribution in [2.75, 3.05) is 5.73 Å². The molecule has 5 rings (SSSR count). The van der Waals surface area contributed by atoms with Crippen molar-refractivity contribution in [2.24, 2.45) is 0 Å². The largest absolute Gasteiger partial charge is 0.469 e. The number of fused-ring (bicyclic) bond motifs is 1. The van der Waals surface area contributed by atoms with Crippen LogP contribution in [0, 0.1) is 5.82 Å². The summed E-state index contributed by atoms with van der Waals surface area (Å²) in [4.78, 5) is 21.2. The Morgan fingerprint density at radius 2 is 1.90 bits per heavy atom. The third kappa shape index (κ3) is 3.61. The normalized spacial score (nSPS) is 11.3. The Labute approximate surface area is 177 Å². The van der Waals surface area contributed by atoms with Crippen molar-refractivity contribution >= 4 is 5.69 Å². The molecule has 1 aromatic heterocycles. The molecule has 2 aliphatic heterocycles. The first kappa shape index (κ1) is 18.9. The van der Waals surface area contributed by atoms with E-state index in [2.05, 4.69) is 9.97 Å². The minimum Gasteiger partial charge on any atom is -0.469 e. The van der Waals surface area contributed by atoms with Crippen LogP contribution in [0.1, 0.15) is 22.7 Å². The quantitative estimate of drug-likeness (QED) is 0.423. The number of nitrogens with one attached hydrogen (secondary N) is 1. The van der Waals surface area contributed by atoms with Crippen LogP contribution in [0.2, 0.25) is 0 Å². The maximum absolute atomic E-state index is 14.0. The fourth-order valence-electron chi connectivity index (χ4n) is 3.76. The molecule has 0 bridgehead atoms. The number of halogens is 1. The second kappa shape index (κ2) is 7.60. The van der Waals surface area contributed by atoms with Gasteiger partial charge in [0.15, 0.2) is 5.82 Å². The lowest BCUT2D eigenvalue weighted by Crippen LogP contribution is -2.19. The van der Waals surface area contributed by atoms with Crippen molar-refractivity contribution in [3.05, 3.63) is 112 Å². The molecule has 3 N–H and O–H groups in total. The Morgan fingerprint density at radius 3 is 2.65 bits per heavy atom. The van der Waals surface area contributed by atoms with Crippen molar-refractivity contribution < 1.29 is 8.81 Å². The summed E-state index contributed by atoms with van der Waals surface area (Å²) in [6.07, 6.45) is 4.08.